The van der Waals surface area contributed by atoms with Gasteiger partial charge in [0, 0.05) is 18.6 Å². The third-order valence-electron chi connectivity index (χ3n) is 4.40. The maximum absolute atomic E-state index is 12.7. The van der Waals surface area contributed by atoms with Gasteiger partial charge < -0.3 is 5.73 Å². The Balaban J connectivity index is 2.13. The number of hydrogen-bond donors (Lipinski definition) is 1. The van der Waals surface area contributed by atoms with Gasteiger partial charge in [0.15, 0.2) is 0 Å². The largest absolute Gasteiger partial charge is 0.416 e. The zero-order chi connectivity index (χ0) is 14.8. The fourth-order valence-electron chi connectivity index (χ4n) is 3.06. The Morgan fingerprint density at radius 1 is 1.25 bits per heavy atom. The van der Waals surface area contributed by atoms with Crippen LogP contribution in [-0.2, 0) is 12.7 Å². The maximum atomic E-state index is 12.7. The van der Waals surface area contributed by atoms with Crippen LogP contribution in [-0.4, -0.2) is 24.0 Å². The van der Waals surface area contributed by atoms with Crippen molar-refractivity contribution in [3.8, 4) is 0 Å². The van der Waals surface area contributed by atoms with Crippen LogP contribution in [0.1, 0.15) is 36.8 Å². The van der Waals surface area contributed by atoms with Crippen molar-refractivity contribution in [3.05, 3.63) is 35.4 Å². The number of likely N-dealkylation sites (N-methyl/N-ethyl adjacent to an activating group) is 1. The van der Waals surface area contributed by atoms with Crippen molar-refractivity contribution in [2.45, 2.75) is 43.9 Å². The summed E-state index contributed by atoms with van der Waals surface area (Å²) in [6, 6.07) is 5.55. The van der Waals surface area contributed by atoms with Gasteiger partial charge in [-0.15, -0.1) is 0 Å². The number of nitrogens with two attached hydrogens (primary N) is 1. The Labute approximate surface area is 117 Å². The highest BCUT2D eigenvalue weighted by Gasteiger charge is 2.36. The molecule has 1 fully saturated rings. The fourth-order valence-corrected chi connectivity index (χ4v) is 3.06. The van der Waals surface area contributed by atoms with Crippen molar-refractivity contribution in [3.63, 3.8) is 0 Å². The van der Waals surface area contributed by atoms with Gasteiger partial charge in [0.1, 0.15) is 0 Å². The lowest BCUT2D eigenvalue weighted by Crippen LogP contribution is -2.49. The van der Waals surface area contributed by atoms with Gasteiger partial charge in [0.05, 0.1) is 5.56 Å². The van der Waals surface area contributed by atoms with Gasteiger partial charge in [-0.1, -0.05) is 31.0 Å². The van der Waals surface area contributed by atoms with Gasteiger partial charge in [-0.25, -0.2) is 0 Å². The lowest BCUT2D eigenvalue weighted by atomic mass is 9.95. The second kappa shape index (κ2) is 5.74. The average molecular weight is 286 g/mol. The van der Waals surface area contributed by atoms with Crippen LogP contribution in [0, 0.1) is 0 Å². The molecule has 0 heterocycles. The first-order valence-corrected chi connectivity index (χ1v) is 6.95. The van der Waals surface area contributed by atoms with Gasteiger partial charge in [-0.05, 0) is 31.5 Å². The molecule has 2 nitrogen and oxygen atoms in total. The Hall–Kier alpha value is -1.07. The van der Waals surface area contributed by atoms with E-state index < -0.39 is 11.7 Å². The summed E-state index contributed by atoms with van der Waals surface area (Å²) in [5, 5.41) is 0. The Bertz CT molecular complexity index is 451. The van der Waals surface area contributed by atoms with Crippen molar-refractivity contribution in [2.75, 3.05) is 13.6 Å². The molecule has 2 rings (SSSR count). The quantitative estimate of drug-likeness (QED) is 0.919. The normalized spacial score (nSPS) is 18.7. The Kier molecular flexibility index (Phi) is 4.39. The number of rotatable bonds is 4. The van der Waals surface area contributed by atoms with E-state index in [-0.39, 0.29) is 5.54 Å². The van der Waals surface area contributed by atoms with Crippen molar-refractivity contribution in [1.82, 2.24) is 4.90 Å². The van der Waals surface area contributed by atoms with Crippen LogP contribution in [0.4, 0.5) is 13.2 Å². The van der Waals surface area contributed by atoms with Gasteiger partial charge in [-0.3, -0.25) is 4.90 Å². The van der Waals surface area contributed by atoms with E-state index in [2.05, 4.69) is 4.90 Å². The van der Waals surface area contributed by atoms with Crippen molar-refractivity contribution < 1.29 is 13.2 Å². The highest BCUT2D eigenvalue weighted by molar-refractivity contribution is 5.25. The predicted molar refractivity (Wildman–Crippen MR) is 73.2 cm³/mol. The summed E-state index contributed by atoms with van der Waals surface area (Å²) in [6.45, 7) is 1.06. The number of hydrogen-bond acceptors (Lipinski definition) is 2. The average Bonchev–Trinajstić information content (AvgIpc) is 2.88. The molecule has 0 radical (unpaired) electrons. The number of alkyl halides is 3. The second-order valence-corrected chi connectivity index (χ2v) is 5.69. The third-order valence-corrected chi connectivity index (χ3v) is 4.40. The number of nitrogens with zero attached hydrogens (tertiary/aromatic N) is 1. The van der Waals surface area contributed by atoms with Crippen molar-refractivity contribution in [2.24, 2.45) is 5.73 Å². The zero-order valence-corrected chi connectivity index (χ0v) is 11.7. The summed E-state index contributed by atoms with van der Waals surface area (Å²) in [5.41, 5.74) is 5.95. The van der Waals surface area contributed by atoms with Gasteiger partial charge in [0.25, 0.3) is 0 Å². The van der Waals surface area contributed by atoms with E-state index in [9.17, 15) is 13.2 Å². The summed E-state index contributed by atoms with van der Waals surface area (Å²) < 4.78 is 38.1. The standard InChI is InChI=1S/C15H21F3N2/c1-20(14(11-19)7-2-3-8-14)10-12-5-4-6-13(9-12)15(16,17)18/h4-6,9H,2-3,7-8,10-11,19H2,1H3. The van der Waals surface area contributed by atoms with Crippen molar-refractivity contribution in [1.29, 1.82) is 0 Å². The molecule has 0 spiro atoms. The van der Waals surface area contributed by atoms with Gasteiger partial charge >= 0.3 is 6.18 Å². The lowest BCUT2D eigenvalue weighted by molar-refractivity contribution is -0.137. The summed E-state index contributed by atoms with van der Waals surface area (Å²) >= 11 is 0. The predicted octanol–water partition coefficient (Wildman–Crippen LogP) is 3.41. The minimum absolute atomic E-state index is 0.0474. The molecule has 0 aliphatic heterocycles. The van der Waals surface area contributed by atoms with E-state index in [4.69, 9.17) is 5.73 Å². The van der Waals surface area contributed by atoms with Crippen LogP contribution in [0.5, 0.6) is 0 Å². The van der Waals surface area contributed by atoms with Crippen molar-refractivity contribution >= 4 is 0 Å². The molecule has 1 aliphatic rings. The van der Waals surface area contributed by atoms with Crippen LogP contribution in [0.15, 0.2) is 24.3 Å². The van der Waals surface area contributed by atoms with E-state index in [0.29, 0.717) is 18.7 Å². The third kappa shape index (κ3) is 3.15. The summed E-state index contributed by atoms with van der Waals surface area (Å²) in [5.74, 6) is 0. The molecule has 0 aromatic heterocycles. The zero-order valence-electron chi connectivity index (χ0n) is 11.7. The smallest absolute Gasteiger partial charge is 0.329 e. The molecule has 0 bridgehead atoms. The molecule has 0 atom stereocenters. The molecular formula is C15H21F3N2. The number of benzene rings is 1. The molecule has 1 aromatic carbocycles. The summed E-state index contributed by atoms with van der Waals surface area (Å²) in [6.07, 6.45) is 0.0552. The molecule has 2 N–H and O–H groups in total. The molecule has 5 heteroatoms. The molecule has 0 amide bonds. The minimum atomic E-state index is -4.28. The molecule has 1 aliphatic carbocycles. The second-order valence-electron chi connectivity index (χ2n) is 5.69. The van der Waals surface area contributed by atoms with E-state index in [1.54, 1.807) is 6.07 Å². The molecule has 20 heavy (non-hydrogen) atoms. The lowest BCUT2D eigenvalue weighted by Gasteiger charge is -2.38. The van der Waals surface area contributed by atoms with Crippen LogP contribution in [0.2, 0.25) is 0 Å². The molecular weight excluding hydrogens is 265 g/mol. The maximum Gasteiger partial charge on any atom is 0.416 e. The number of halogens is 3. The van der Waals surface area contributed by atoms with E-state index in [0.717, 1.165) is 31.7 Å². The monoisotopic (exact) mass is 286 g/mol. The fraction of sp³-hybridized carbons (Fsp3) is 0.600. The first kappa shape index (κ1) is 15.3. The molecule has 112 valence electrons. The molecule has 0 saturated heterocycles. The topological polar surface area (TPSA) is 29.3 Å². The highest BCUT2D eigenvalue weighted by atomic mass is 19.4. The van der Waals surface area contributed by atoms with E-state index in [1.165, 1.54) is 12.1 Å². The van der Waals surface area contributed by atoms with E-state index in [1.807, 2.05) is 7.05 Å². The van der Waals surface area contributed by atoms with Crippen LogP contribution in [0.25, 0.3) is 0 Å². The van der Waals surface area contributed by atoms with Crippen LogP contribution >= 0.6 is 0 Å². The van der Waals surface area contributed by atoms with Gasteiger partial charge in [-0.2, -0.15) is 13.2 Å². The minimum Gasteiger partial charge on any atom is -0.329 e. The molecule has 1 aromatic rings. The first-order valence-electron chi connectivity index (χ1n) is 6.95. The molecule has 1 saturated carbocycles. The summed E-state index contributed by atoms with van der Waals surface area (Å²) in [4.78, 5) is 2.12. The summed E-state index contributed by atoms with van der Waals surface area (Å²) in [7, 11) is 1.96. The van der Waals surface area contributed by atoms with Crippen LogP contribution in [0.3, 0.4) is 0 Å². The van der Waals surface area contributed by atoms with Gasteiger partial charge in [0.2, 0.25) is 0 Å². The highest BCUT2D eigenvalue weighted by Crippen LogP contribution is 2.35. The Morgan fingerprint density at radius 3 is 2.45 bits per heavy atom. The van der Waals surface area contributed by atoms with Crippen LogP contribution < -0.4 is 5.73 Å². The molecule has 0 unspecified atom stereocenters. The Morgan fingerprint density at radius 2 is 1.90 bits per heavy atom. The first-order chi connectivity index (χ1) is 9.37. The SMILES string of the molecule is CN(Cc1cccc(C(F)(F)F)c1)C1(CN)CCCC1. The van der Waals surface area contributed by atoms with E-state index >= 15 is 0 Å².